The van der Waals surface area contributed by atoms with Crippen LogP contribution in [0.25, 0.3) is 0 Å². The lowest BCUT2D eigenvalue weighted by atomic mass is 9.98. The Bertz CT molecular complexity index is 1100. The summed E-state index contributed by atoms with van der Waals surface area (Å²) in [6.45, 7) is 0. The lowest BCUT2D eigenvalue weighted by molar-refractivity contribution is -0.385. The molecular weight excluding hydrogens is 342 g/mol. The molecule has 0 radical (unpaired) electrons. The highest BCUT2D eigenvalue weighted by Gasteiger charge is 2.23. The maximum Gasteiger partial charge on any atom is 0.278 e. The number of hydrogen-bond donors (Lipinski definition) is 1. The van der Waals surface area contributed by atoms with Gasteiger partial charge in [-0.1, -0.05) is 36.4 Å². The lowest BCUT2D eigenvalue weighted by Gasteiger charge is -2.09. The Kier molecular flexibility index (Phi) is 4.22. The molecule has 0 aliphatic carbocycles. The summed E-state index contributed by atoms with van der Waals surface area (Å²) in [7, 11) is 0. The quantitative estimate of drug-likeness (QED) is 0.531. The number of phenolic OH excluding ortho intramolecular Hbond substituents is 1. The molecule has 3 aromatic carbocycles. The standard InChI is InChI=1S/C21H15N3O3/c25-21-12-6-2-8-15(21)19-13-18(14-7-1-5-11-20(14)24(26)27)22-16-9-3-4-10-17(16)23-19/h1-12,25H,13H2. The van der Waals surface area contributed by atoms with Crippen molar-refractivity contribution in [1.29, 1.82) is 0 Å². The Labute approximate surface area is 155 Å². The van der Waals surface area contributed by atoms with Crippen molar-refractivity contribution in [2.45, 2.75) is 6.42 Å². The SMILES string of the molecule is O=[N+]([O-])c1ccccc1C1=Nc2ccccc2N=C(c2ccccc2O)C1. The number of hydrogen-bond acceptors (Lipinski definition) is 5. The van der Waals surface area contributed by atoms with Crippen LogP contribution in [-0.4, -0.2) is 21.5 Å². The third-order valence-electron chi connectivity index (χ3n) is 4.35. The van der Waals surface area contributed by atoms with E-state index in [0.717, 1.165) is 0 Å². The average Bonchev–Trinajstić information content (AvgIpc) is 2.88. The molecule has 1 N–H and O–H groups in total. The summed E-state index contributed by atoms with van der Waals surface area (Å²) in [5.74, 6) is 0.109. The van der Waals surface area contributed by atoms with Crippen LogP contribution >= 0.6 is 0 Å². The second-order valence-corrected chi connectivity index (χ2v) is 6.07. The molecule has 27 heavy (non-hydrogen) atoms. The molecule has 3 aromatic rings. The molecule has 0 aromatic heterocycles. The molecule has 132 valence electrons. The van der Waals surface area contributed by atoms with E-state index in [9.17, 15) is 15.2 Å². The van der Waals surface area contributed by atoms with Gasteiger partial charge < -0.3 is 5.11 Å². The van der Waals surface area contributed by atoms with Crippen molar-refractivity contribution in [1.82, 2.24) is 0 Å². The van der Waals surface area contributed by atoms with Crippen molar-refractivity contribution >= 4 is 28.5 Å². The van der Waals surface area contributed by atoms with Gasteiger partial charge in [0.1, 0.15) is 5.75 Å². The van der Waals surface area contributed by atoms with E-state index in [1.54, 1.807) is 36.4 Å². The number of aliphatic imine (C=N–C) groups is 2. The van der Waals surface area contributed by atoms with Gasteiger partial charge in [-0.25, -0.2) is 4.99 Å². The molecule has 6 nitrogen and oxygen atoms in total. The Morgan fingerprint density at radius 1 is 0.778 bits per heavy atom. The van der Waals surface area contributed by atoms with Gasteiger partial charge in [0, 0.05) is 18.1 Å². The first kappa shape index (κ1) is 16.7. The van der Waals surface area contributed by atoms with Crippen LogP contribution < -0.4 is 0 Å². The number of nitro groups is 1. The van der Waals surface area contributed by atoms with Gasteiger partial charge in [-0.2, -0.15) is 0 Å². The maximum atomic E-state index is 11.5. The van der Waals surface area contributed by atoms with Gasteiger partial charge in [0.2, 0.25) is 0 Å². The zero-order chi connectivity index (χ0) is 18.8. The number of phenols is 1. The van der Waals surface area contributed by atoms with Gasteiger partial charge in [-0.15, -0.1) is 0 Å². The molecule has 0 fully saturated rings. The van der Waals surface area contributed by atoms with E-state index < -0.39 is 4.92 Å². The highest BCUT2D eigenvalue weighted by molar-refractivity contribution is 6.22. The topological polar surface area (TPSA) is 88.1 Å². The van der Waals surface area contributed by atoms with Crippen LogP contribution in [0.3, 0.4) is 0 Å². The van der Waals surface area contributed by atoms with E-state index in [1.807, 2.05) is 30.3 Å². The minimum absolute atomic E-state index is 0.00716. The first-order chi connectivity index (χ1) is 13.1. The number of nitrogens with zero attached hydrogens (tertiary/aromatic N) is 3. The summed E-state index contributed by atoms with van der Waals surface area (Å²) in [6.07, 6.45) is 0.261. The first-order valence-corrected chi connectivity index (χ1v) is 8.40. The van der Waals surface area contributed by atoms with Crippen LogP contribution in [0, 0.1) is 10.1 Å². The summed E-state index contributed by atoms with van der Waals surface area (Å²) in [5, 5.41) is 21.8. The molecule has 0 unspecified atom stereocenters. The maximum absolute atomic E-state index is 11.5. The number of benzene rings is 3. The first-order valence-electron chi connectivity index (χ1n) is 8.40. The predicted molar refractivity (Wildman–Crippen MR) is 105 cm³/mol. The molecule has 4 rings (SSSR count). The summed E-state index contributed by atoms with van der Waals surface area (Å²) >= 11 is 0. The smallest absolute Gasteiger partial charge is 0.278 e. The second kappa shape index (κ2) is 6.84. The molecule has 1 heterocycles. The van der Waals surface area contributed by atoms with E-state index in [1.165, 1.54) is 6.07 Å². The summed E-state index contributed by atoms with van der Waals surface area (Å²) in [5.41, 5.74) is 3.46. The molecule has 1 aliphatic heterocycles. The average molecular weight is 357 g/mol. The Balaban J connectivity index is 1.93. The van der Waals surface area contributed by atoms with Crippen molar-refractivity contribution in [2.75, 3.05) is 0 Å². The fourth-order valence-electron chi connectivity index (χ4n) is 3.09. The molecule has 0 saturated carbocycles. The van der Waals surface area contributed by atoms with Gasteiger partial charge in [0.05, 0.1) is 33.3 Å². The highest BCUT2D eigenvalue weighted by atomic mass is 16.6. The number of para-hydroxylation sites is 4. The van der Waals surface area contributed by atoms with Gasteiger partial charge in [-0.3, -0.25) is 15.1 Å². The van der Waals surface area contributed by atoms with E-state index >= 15 is 0 Å². The monoisotopic (exact) mass is 357 g/mol. The molecule has 0 amide bonds. The van der Waals surface area contributed by atoms with Crippen molar-refractivity contribution in [3.63, 3.8) is 0 Å². The molecule has 0 atom stereocenters. The minimum atomic E-state index is -0.411. The van der Waals surface area contributed by atoms with E-state index in [-0.39, 0.29) is 17.9 Å². The van der Waals surface area contributed by atoms with Gasteiger partial charge in [-0.05, 0) is 30.3 Å². The van der Waals surface area contributed by atoms with Gasteiger partial charge in [0.15, 0.2) is 0 Å². The fourth-order valence-corrected chi connectivity index (χ4v) is 3.09. The van der Waals surface area contributed by atoms with Gasteiger partial charge >= 0.3 is 0 Å². The Morgan fingerprint density at radius 2 is 1.30 bits per heavy atom. The zero-order valence-corrected chi connectivity index (χ0v) is 14.2. The van der Waals surface area contributed by atoms with E-state index in [2.05, 4.69) is 4.99 Å². The van der Waals surface area contributed by atoms with Crippen molar-refractivity contribution in [3.05, 3.63) is 94.0 Å². The Hall–Kier alpha value is -3.80. The van der Waals surface area contributed by atoms with Crippen molar-refractivity contribution in [2.24, 2.45) is 9.98 Å². The molecule has 6 heteroatoms. The van der Waals surface area contributed by atoms with Crippen LogP contribution in [0.15, 0.2) is 82.8 Å². The third kappa shape index (κ3) is 3.20. The van der Waals surface area contributed by atoms with Crippen LogP contribution in [0.2, 0.25) is 0 Å². The number of fused-ring (bicyclic) bond motifs is 1. The number of rotatable bonds is 3. The van der Waals surface area contributed by atoms with Gasteiger partial charge in [0.25, 0.3) is 5.69 Å². The highest BCUT2D eigenvalue weighted by Crippen LogP contribution is 2.35. The third-order valence-corrected chi connectivity index (χ3v) is 4.35. The number of nitro benzene ring substituents is 1. The van der Waals surface area contributed by atoms with Crippen LogP contribution in [-0.2, 0) is 0 Å². The van der Waals surface area contributed by atoms with E-state index in [4.69, 9.17) is 4.99 Å². The Morgan fingerprint density at radius 3 is 1.93 bits per heavy atom. The number of aromatic hydroxyl groups is 1. The summed E-state index contributed by atoms with van der Waals surface area (Å²) in [4.78, 5) is 20.4. The largest absolute Gasteiger partial charge is 0.507 e. The second-order valence-electron chi connectivity index (χ2n) is 6.07. The van der Waals surface area contributed by atoms with Crippen LogP contribution in [0.4, 0.5) is 17.1 Å². The lowest BCUT2D eigenvalue weighted by Crippen LogP contribution is -2.11. The summed E-state index contributed by atoms with van der Waals surface area (Å²) < 4.78 is 0. The normalized spacial score (nSPS) is 13.2. The summed E-state index contributed by atoms with van der Waals surface area (Å²) in [6, 6.07) is 20.8. The van der Waals surface area contributed by atoms with Crippen LogP contribution in [0.5, 0.6) is 5.75 Å². The van der Waals surface area contributed by atoms with Crippen molar-refractivity contribution in [3.8, 4) is 5.75 Å². The predicted octanol–water partition coefficient (Wildman–Crippen LogP) is 4.95. The zero-order valence-electron chi connectivity index (χ0n) is 14.2. The molecule has 0 saturated heterocycles. The molecule has 0 bridgehead atoms. The fraction of sp³-hybridized carbons (Fsp3) is 0.0476. The molecule has 1 aliphatic rings. The molecular formula is C21H15N3O3. The van der Waals surface area contributed by atoms with E-state index in [0.29, 0.717) is 33.9 Å². The van der Waals surface area contributed by atoms with Crippen LogP contribution in [0.1, 0.15) is 17.5 Å². The van der Waals surface area contributed by atoms with Crippen molar-refractivity contribution < 1.29 is 10.0 Å². The minimum Gasteiger partial charge on any atom is -0.507 e. The molecule has 0 spiro atoms.